The zero-order valence-corrected chi connectivity index (χ0v) is 19.8. The number of thiophene rings is 1. The van der Waals surface area contributed by atoms with Gasteiger partial charge in [0, 0.05) is 51.4 Å². The quantitative estimate of drug-likeness (QED) is 0.476. The van der Waals surface area contributed by atoms with Gasteiger partial charge in [0.05, 0.1) is 0 Å². The number of rotatable bonds is 4. The molecule has 1 aliphatic heterocycles. The third-order valence-corrected chi connectivity index (χ3v) is 7.65. The summed E-state index contributed by atoms with van der Waals surface area (Å²) in [5, 5.41) is 8.34. The average molecular weight is 473 g/mol. The van der Waals surface area contributed by atoms with Crippen LogP contribution >= 0.6 is 11.3 Å². The molecule has 6 heteroatoms. The van der Waals surface area contributed by atoms with Crippen LogP contribution in [-0.4, -0.2) is 11.7 Å². The summed E-state index contributed by atoms with van der Waals surface area (Å²) in [6.07, 6.45) is 1.16. The van der Waals surface area contributed by atoms with Crippen molar-refractivity contribution in [2.75, 3.05) is 5.32 Å². The van der Waals surface area contributed by atoms with Crippen LogP contribution in [0, 0.1) is 12.7 Å². The van der Waals surface area contributed by atoms with Crippen molar-refractivity contribution in [2.45, 2.75) is 38.5 Å². The third kappa shape index (κ3) is 4.10. The fraction of sp³-hybridized carbons (Fsp3) is 0.214. The molecule has 0 radical (unpaired) electrons. The molecule has 2 aliphatic rings. The number of carbonyl (C=O) groups excluding carboxylic acids is 2. The molecule has 1 amide bonds. The molecule has 2 heterocycles. The highest BCUT2D eigenvalue weighted by atomic mass is 32.1. The number of ketones is 1. The van der Waals surface area contributed by atoms with E-state index in [1.165, 1.54) is 29.1 Å². The summed E-state index contributed by atoms with van der Waals surface area (Å²) in [6, 6.07) is 17.7. The lowest BCUT2D eigenvalue weighted by molar-refractivity contribution is -0.116. The van der Waals surface area contributed by atoms with E-state index < -0.39 is 5.92 Å². The maximum absolute atomic E-state index is 13.6. The molecule has 0 saturated carbocycles. The van der Waals surface area contributed by atoms with Gasteiger partial charge in [-0.2, -0.15) is 0 Å². The maximum atomic E-state index is 13.6. The van der Waals surface area contributed by atoms with Crippen LogP contribution in [0.2, 0.25) is 0 Å². The van der Waals surface area contributed by atoms with Crippen molar-refractivity contribution < 1.29 is 14.0 Å². The van der Waals surface area contributed by atoms with Crippen molar-refractivity contribution >= 4 is 28.7 Å². The van der Waals surface area contributed by atoms with Gasteiger partial charge in [0.25, 0.3) is 5.91 Å². The Bertz CT molecular complexity index is 1320. The largest absolute Gasteiger partial charge is 0.362 e. The SMILES string of the molecule is CC1=C(C(=O)Nc2ccc(F)cc2)C(c2ccccc2C)C2=C(CC(c3cccs3)CC2=O)N1. The Kier molecular flexibility index (Phi) is 5.92. The van der Waals surface area contributed by atoms with Crippen LogP contribution < -0.4 is 10.6 Å². The number of hydrogen-bond donors (Lipinski definition) is 2. The fourth-order valence-corrected chi connectivity index (χ4v) is 5.85. The summed E-state index contributed by atoms with van der Waals surface area (Å²) in [5.41, 5.74) is 5.29. The molecule has 3 aromatic rings. The molecule has 4 nitrogen and oxygen atoms in total. The van der Waals surface area contributed by atoms with Crippen LogP contribution in [0.3, 0.4) is 0 Å². The predicted molar refractivity (Wildman–Crippen MR) is 133 cm³/mol. The van der Waals surface area contributed by atoms with Crippen LogP contribution in [0.1, 0.15) is 47.6 Å². The lowest BCUT2D eigenvalue weighted by atomic mass is 9.71. The fourth-order valence-electron chi connectivity index (χ4n) is 5.02. The number of aryl methyl sites for hydroxylation is 1. The van der Waals surface area contributed by atoms with Crippen LogP contribution in [0.15, 0.2) is 88.6 Å². The monoisotopic (exact) mass is 472 g/mol. The molecule has 0 fully saturated rings. The molecule has 2 N–H and O–H groups in total. The van der Waals surface area contributed by atoms with Crippen molar-refractivity contribution in [3.63, 3.8) is 0 Å². The smallest absolute Gasteiger partial charge is 0.254 e. The highest BCUT2D eigenvalue weighted by Gasteiger charge is 2.41. The first-order valence-electron chi connectivity index (χ1n) is 11.3. The number of dihydropyridines is 1. The molecule has 5 rings (SSSR count). The van der Waals surface area contributed by atoms with E-state index in [0.717, 1.165) is 28.9 Å². The summed E-state index contributed by atoms with van der Waals surface area (Å²) >= 11 is 1.67. The van der Waals surface area contributed by atoms with Gasteiger partial charge >= 0.3 is 0 Å². The molecule has 0 spiro atoms. The molecule has 0 saturated heterocycles. The molecular formula is C28H25FN2O2S. The van der Waals surface area contributed by atoms with Crippen molar-refractivity contribution in [2.24, 2.45) is 0 Å². The highest BCUT2D eigenvalue weighted by Crippen LogP contribution is 2.46. The van der Waals surface area contributed by atoms with E-state index in [1.54, 1.807) is 11.3 Å². The number of nitrogens with one attached hydrogen (secondary N) is 2. The number of Topliss-reactive ketones (excluding diaryl/α,β-unsaturated/α-hetero) is 1. The molecule has 1 aliphatic carbocycles. The van der Waals surface area contributed by atoms with Gasteiger partial charge in [-0.05, 0) is 67.1 Å². The van der Waals surface area contributed by atoms with Crippen molar-refractivity contribution in [1.29, 1.82) is 0 Å². The van der Waals surface area contributed by atoms with Gasteiger partial charge < -0.3 is 10.6 Å². The maximum Gasteiger partial charge on any atom is 0.254 e. The van der Waals surface area contributed by atoms with E-state index in [9.17, 15) is 14.0 Å². The minimum Gasteiger partial charge on any atom is -0.362 e. The van der Waals surface area contributed by atoms with Crippen LogP contribution in [-0.2, 0) is 9.59 Å². The van der Waals surface area contributed by atoms with Crippen LogP contribution in [0.25, 0.3) is 0 Å². The summed E-state index contributed by atoms with van der Waals surface area (Å²) in [4.78, 5) is 28.4. The van der Waals surface area contributed by atoms with Crippen molar-refractivity contribution in [3.05, 3.63) is 110 Å². The molecule has 172 valence electrons. The molecular weight excluding hydrogens is 447 g/mol. The van der Waals surface area contributed by atoms with Gasteiger partial charge in [0.15, 0.2) is 5.78 Å². The second-order valence-electron chi connectivity index (χ2n) is 8.85. The van der Waals surface area contributed by atoms with E-state index in [0.29, 0.717) is 23.3 Å². The first-order valence-corrected chi connectivity index (χ1v) is 12.2. The second-order valence-corrected chi connectivity index (χ2v) is 9.83. The van der Waals surface area contributed by atoms with Gasteiger partial charge in [0.1, 0.15) is 5.82 Å². The van der Waals surface area contributed by atoms with Gasteiger partial charge in [-0.25, -0.2) is 4.39 Å². The molecule has 2 atom stereocenters. The number of carbonyl (C=O) groups is 2. The molecule has 1 aromatic heterocycles. The Morgan fingerprint density at radius 2 is 1.79 bits per heavy atom. The Hall–Kier alpha value is -3.51. The van der Waals surface area contributed by atoms with E-state index in [-0.39, 0.29) is 23.4 Å². The van der Waals surface area contributed by atoms with E-state index in [4.69, 9.17) is 0 Å². The minimum absolute atomic E-state index is 0.0694. The standard InChI is InChI=1S/C28H25FN2O2S/c1-16-6-3-4-7-21(16)26-25(28(33)31-20-11-9-19(29)10-12-20)17(2)30-22-14-18(15-23(32)27(22)26)24-8-5-13-34-24/h3-13,18,26,30H,14-15H2,1-2H3,(H,31,33). The minimum atomic E-state index is -0.463. The topological polar surface area (TPSA) is 58.2 Å². The summed E-state index contributed by atoms with van der Waals surface area (Å²) in [6.45, 7) is 3.89. The van der Waals surface area contributed by atoms with Crippen molar-refractivity contribution in [3.8, 4) is 0 Å². The Morgan fingerprint density at radius 1 is 1.03 bits per heavy atom. The normalized spacial score (nSPS) is 20.1. The zero-order chi connectivity index (χ0) is 23.8. The first-order chi connectivity index (χ1) is 16.4. The number of anilines is 1. The van der Waals surface area contributed by atoms with E-state index in [2.05, 4.69) is 16.7 Å². The number of allylic oxidation sites excluding steroid dienone is 3. The lowest BCUT2D eigenvalue weighted by Gasteiger charge is -2.37. The molecule has 0 bridgehead atoms. The zero-order valence-electron chi connectivity index (χ0n) is 19.0. The Balaban J connectivity index is 1.57. The second kappa shape index (κ2) is 9.03. The average Bonchev–Trinajstić information content (AvgIpc) is 3.35. The predicted octanol–water partition coefficient (Wildman–Crippen LogP) is 6.20. The van der Waals surface area contributed by atoms with Gasteiger partial charge in [-0.3, -0.25) is 9.59 Å². The molecule has 2 aromatic carbocycles. The van der Waals surface area contributed by atoms with Gasteiger partial charge in [0.2, 0.25) is 0 Å². The van der Waals surface area contributed by atoms with Gasteiger partial charge in [-0.1, -0.05) is 30.3 Å². The Morgan fingerprint density at radius 3 is 2.50 bits per heavy atom. The number of hydrogen-bond acceptors (Lipinski definition) is 4. The third-order valence-electron chi connectivity index (χ3n) is 6.62. The molecule has 2 unspecified atom stereocenters. The summed E-state index contributed by atoms with van der Waals surface area (Å²) in [7, 11) is 0. The summed E-state index contributed by atoms with van der Waals surface area (Å²) < 4.78 is 13.4. The number of amides is 1. The Labute approximate surface area is 202 Å². The van der Waals surface area contributed by atoms with Gasteiger partial charge in [-0.15, -0.1) is 11.3 Å². The summed E-state index contributed by atoms with van der Waals surface area (Å²) in [5.74, 6) is -0.925. The first kappa shape index (κ1) is 22.3. The van der Waals surface area contributed by atoms with Crippen molar-refractivity contribution in [1.82, 2.24) is 5.32 Å². The van der Waals surface area contributed by atoms with Crippen LogP contribution in [0.5, 0.6) is 0 Å². The number of benzene rings is 2. The molecule has 34 heavy (non-hydrogen) atoms. The lowest BCUT2D eigenvalue weighted by Crippen LogP contribution is -2.37. The van der Waals surface area contributed by atoms with E-state index in [1.807, 2.05) is 49.6 Å². The highest BCUT2D eigenvalue weighted by molar-refractivity contribution is 7.10. The number of halogens is 1. The van der Waals surface area contributed by atoms with E-state index >= 15 is 0 Å². The van der Waals surface area contributed by atoms with Crippen LogP contribution in [0.4, 0.5) is 10.1 Å².